The first-order valence-electron chi connectivity index (χ1n) is 6.43. The van der Waals surface area contributed by atoms with Crippen LogP contribution in [0.2, 0.25) is 0 Å². The zero-order chi connectivity index (χ0) is 13.1. The van der Waals surface area contributed by atoms with Gasteiger partial charge in [-0.15, -0.1) is 0 Å². The highest BCUT2D eigenvalue weighted by Crippen LogP contribution is 2.37. The summed E-state index contributed by atoms with van der Waals surface area (Å²) in [5.41, 5.74) is 7.13. The first-order chi connectivity index (χ1) is 8.67. The third-order valence-electron chi connectivity index (χ3n) is 3.57. The third-order valence-corrected chi connectivity index (χ3v) is 3.57. The molecule has 0 spiro atoms. The van der Waals surface area contributed by atoms with E-state index in [2.05, 4.69) is 38.1 Å². The summed E-state index contributed by atoms with van der Waals surface area (Å²) in [5.74, 6) is 2.11. The Hall–Kier alpha value is -1.26. The average Bonchev–Trinajstić information content (AvgIpc) is 2.82. The molecule has 100 valence electrons. The molecule has 4 heteroatoms. The van der Waals surface area contributed by atoms with E-state index in [1.54, 1.807) is 0 Å². The fourth-order valence-electron chi connectivity index (χ4n) is 2.61. The molecule has 0 fully saturated rings. The zero-order valence-electron chi connectivity index (χ0n) is 11.3. The van der Waals surface area contributed by atoms with E-state index in [1.807, 2.05) is 6.07 Å². The summed E-state index contributed by atoms with van der Waals surface area (Å²) in [7, 11) is 4.18. The number of ether oxygens (including phenoxy) is 2. The lowest BCUT2D eigenvalue weighted by atomic mass is 9.90. The van der Waals surface area contributed by atoms with Crippen molar-refractivity contribution in [2.45, 2.75) is 19.4 Å². The normalized spacial score (nSPS) is 16.9. The summed E-state index contributed by atoms with van der Waals surface area (Å²) < 4.78 is 10.8. The van der Waals surface area contributed by atoms with Crippen LogP contribution in [0.4, 0.5) is 0 Å². The van der Waals surface area contributed by atoms with Gasteiger partial charge < -0.3 is 20.1 Å². The first kappa shape index (κ1) is 13.2. The summed E-state index contributed by atoms with van der Waals surface area (Å²) in [4.78, 5) is 2.22. The van der Waals surface area contributed by atoms with Crippen LogP contribution in [0.15, 0.2) is 18.2 Å². The summed E-state index contributed by atoms with van der Waals surface area (Å²) >= 11 is 0. The van der Waals surface area contributed by atoms with Gasteiger partial charge in [0.1, 0.15) is 0 Å². The van der Waals surface area contributed by atoms with Crippen LogP contribution < -0.4 is 15.2 Å². The van der Waals surface area contributed by atoms with E-state index in [1.165, 1.54) is 5.56 Å². The van der Waals surface area contributed by atoms with Crippen molar-refractivity contribution in [3.05, 3.63) is 23.8 Å². The lowest BCUT2D eigenvalue weighted by molar-refractivity contribution is 0.173. The minimum absolute atomic E-state index is 0.314. The molecule has 1 heterocycles. The Labute approximate surface area is 109 Å². The molecule has 0 bridgehead atoms. The standard InChI is InChI=1S/C14H22N2O2/c1-4-10(8-15)14(16(2)3)11-5-6-12-13(7-11)18-9-17-12/h5-7,10,14H,4,8-9,15H2,1-3H3. The Morgan fingerprint density at radius 2 is 2.00 bits per heavy atom. The van der Waals surface area contributed by atoms with Crippen LogP contribution in [0.25, 0.3) is 0 Å². The Balaban J connectivity index is 2.31. The van der Waals surface area contributed by atoms with Crippen molar-refractivity contribution in [3.63, 3.8) is 0 Å². The second kappa shape index (κ2) is 5.59. The summed E-state index contributed by atoms with van der Waals surface area (Å²) in [5, 5.41) is 0. The van der Waals surface area contributed by atoms with E-state index in [0.717, 1.165) is 17.9 Å². The molecule has 2 unspecified atom stereocenters. The lowest BCUT2D eigenvalue weighted by Crippen LogP contribution is -2.31. The van der Waals surface area contributed by atoms with Gasteiger partial charge in [0.2, 0.25) is 6.79 Å². The SMILES string of the molecule is CCC(CN)C(c1ccc2c(c1)OCO2)N(C)C. The van der Waals surface area contributed by atoms with Crippen molar-refractivity contribution in [1.29, 1.82) is 0 Å². The average molecular weight is 250 g/mol. The zero-order valence-corrected chi connectivity index (χ0v) is 11.3. The molecule has 18 heavy (non-hydrogen) atoms. The number of nitrogens with two attached hydrogens (primary N) is 1. The third kappa shape index (κ3) is 2.44. The topological polar surface area (TPSA) is 47.7 Å². The fourth-order valence-corrected chi connectivity index (χ4v) is 2.61. The summed E-state index contributed by atoms with van der Waals surface area (Å²) in [6.45, 7) is 3.19. The molecule has 4 nitrogen and oxygen atoms in total. The van der Waals surface area contributed by atoms with Crippen LogP contribution >= 0.6 is 0 Å². The van der Waals surface area contributed by atoms with Crippen molar-refractivity contribution in [3.8, 4) is 11.5 Å². The van der Waals surface area contributed by atoms with Gasteiger partial charge in [0.15, 0.2) is 11.5 Å². The molecule has 0 radical (unpaired) electrons. The van der Waals surface area contributed by atoms with E-state index >= 15 is 0 Å². The molecule has 0 aliphatic carbocycles. The van der Waals surface area contributed by atoms with Gasteiger partial charge in [0.05, 0.1) is 0 Å². The number of fused-ring (bicyclic) bond motifs is 1. The largest absolute Gasteiger partial charge is 0.454 e. The smallest absolute Gasteiger partial charge is 0.231 e. The highest BCUT2D eigenvalue weighted by atomic mass is 16.7. The predicted octanol–water partition coefficient (Wildman–Crippen LogP) is 2.00. The second-order valence-corrected chi connectivity index (χ2v) is 4.93. The van der Waals surface area contributed by atoms with Crippen LogP contribution in [-0.2, 0) is 0 Å². The van der Waals surface area contributed by atoms with Crippen LogP contribution in [0, 0.1) is 5.92 Å². The number of benzene rings is 1. The summed E-state index contributed by atoms with van der Waals surface area (Å²) in [6.07, 6.45) is 1.06. The Kier molecular flexibility index (Phi) is 4.09. The van der Waals surface area contributed by atoms with Crippen molar-refractivity contribution in [2.24, 2.45) is 11.7 Å². The van der Waals surface area contributed by atoms with Crippen LogP contribution in [0.1, 0.15) is 24.9 Å². The molecule has 1 aromatic carbocycles. The predicted molar refractivity (Wildman–Crippen MR) is 71.8 cm³/mol. The highest BCUT2D eigenvalue weighted by Gasteiger charge is 2.25. The van der Waals surface area contributed by atoms with Crippen molar-refractivity contribution < 1.29 is 9.47 Å². The summed E-state index contributed by atoms with van der Waals surface area (Å²) in [6, 6.07) is 6.48. The Morgan fingerprint density at radius 3 is 2.61 bits per heavy atom. The minimum atomic E-state index is 0.314. The number of rotatable bonds is 5. The molecular formula is C14H22N2O2. The maximum absolute atomic E-state index is 5.89. The van der Waals surface area contributed by atoms with Crippen molar-refractivity contribution in [2.75, 3.05) is 27.4 Å². The van der Waals surface area contributed by atoms with Gasteiger partial charge in [-0.3, -0.25) is 0 Å². The van der Waals surface area contributed by atoms with Crippen LogP contribution in [0.5, 0.6) is 11.5 Å². The van der Waals surface area contributed by atoms with E-state index in [-0.39, 0.29) is 0 Å². The molecule has 2 N–H and O–H groups in total. The molecule has 0 saturated carbocycles. The van der Waals surface area contributed by atoms with Gasteiger partial charge in [-0.2, -0.15) is 0 Å². The quantitative estimate of drug-likeness (QED) is 0.868. The van der Waals surface area contributed by atoms with Crippen LogP contribution in [-0.4, -0.2) is 32.3 Å². The molecule has 0 amide bonds. The molecular weight excluding hydrogens is 228 g/mol. The van der Waals surface area contributed by atoms with Gasteiger partial charge in [-0.05, 0) is 44.3 Å². The van der Waals surface area contributed by atoms with Gasteiger partial charge >= 0.3 is 0 Å². The first-order valence-corrected chi connectivity index (χ1v) is 6.43. The molecule has 0 aromatic heterocycles. The molecule has 2 rings (SSSR count). The molecule has 1 aliphatic heterocycles. The lowest BCUT2D eigenvalue weighted by Gasteiger charge is -2.31. The highest BCUT2D eigenvalue weighted by molar-refractivity contribution is 5.45. The van der Waals surface area contributed by atoms with Crippen molar-refractivity contribution >= 4 is 0 Å². The van der Waals surface area contributed by atoms with E-state index < -0.39 is 0 Å². The van der Waals surface area contributed by atoms with Gasteiger partial charge in [-0.25, -0.2) is 0 Å². The van der Waals surface area contributed by atoms with Gasteiger partial charge in [0.25, 0.3) is 0 Å². The number of hydrogen-bond acceptors (Lipinski definition) is 4. The van der Waals surface area contributed by atoms with Gasteiger partial charge in [0, 0.05) is 6.04 Å². The second-order valence-electron chi connectivity index (χ2n) is 4.93. The molecule has 0 saturated heterocycles. The molecule has 2 atom stereocenters. The maximum atomic E-state index is 5.89. The Bertz CT molecular complexity index is 403. The molecule has 1 aliphatic rings. The van der Waals surface area contributed by atoms with Crippen LogP contribution in [0.3, 0.4) is 0 Å². The maximum Gasteiger partial charge on any atom is 0.231 e. The van der Waals surface area contributed by atoms with Crippen molar-refractivity contribution in [1.82, 2.24) is 4.90 Å². The Morgan fingerprint density at radius 1 is 1.28 bits per heavy atom. The van der Waals surface area contributed by atoms with E-state index in [9.17, 15) is 0 Å². The van der Waals surface area contributed by atoms with E-state index in [4.69, 9.17) is 15.2 Å². The monoisotopic (exact) mass is 250 g/mol. The fraction of sp³-hybridized carbons (Fsp3) is 0.571. The van der Waals surface area contributed by atoms with Gasteiger partial charge in [-0.1, -0.05) is 19.4 Å². The molecule has 1 aromatic rings. The minimum Gasteiger partial charge on any atom is -0.454 e. The number of hydrogen-bond donors (Lipinski definition) is 1. The number of nitrogens with zero attached hydrogens (tertiary/aromatic N) is 1. The van der Waals surface area contributed by atoms with E-state index in [0.29, 0.717) is 25.3 Å².